The van der Waals surface area contributed by atoms with Gasteiger partial charge in [-0.2, -0.15) is 17.8 Å². The second kappa shape index (κ2) is 22.8. The number of hydrogen-bond acceptors (Lipinski definition) is 5. The number of hydrogen-bond donors (Lipinski definition) is 0. The first-order valence-corrected chi connectivity index (χ1v) is 5.67. The second-order valence-corrected chi connectivity index (χ2v) is 2.53. The summed E-state index contributed by atoms with van der Waals surface area (Å²) in [5.41, 5.74) is 0. The Morgan fingerprint density at radius 3 is 1.50 bits per heavy atom. The summed E-state index contributed by atoms with van der Waals surface area (Å²) in [7, 11) is 2.04. The third-order valence-electron chi connectivity index (χ3n) is 0.946. The molecule has 0 N–H and O–H groups in total. The molecule has 0 aliphatic rings. The van der Waals surface area contributed by atoms with Crippen LogP contribution < -0.4 is 0 Å². The van der Waals surface area contributed by atoms with E-state index < -0.39 is 0 Å². The molecule has 0 aromatic rings. The van der Waals surface area contributed by atoms with E-state index in [1.54, 1.807) is 22.2 Å². The molecule has 0 unspecified atom stereocenters. The van der Waals surface area contributed by atoms with E-state index in [0.29, 0.717) is 0 Å². The van der Waals surface area contributed by atoms with Crippen molar-refractivity contribution in [2.75, 3.05) is 37.9 Å². The van der Waals surface area contributed by atoms with Crippen molar-refractivity contribution < 1.29 is 19.8 Å². The van der Waals surface area contributed by atoms with Gasteiger partial charge in [0.25, 0.3) is 0 Å². The van der Waals surface area contributed by atoms with Crippen LogP contribution in [0.5, 0.6) is 0 Å². The van der Waals surface area contributed by atoms with E-state index in [0.717, 1.165) is 24.6 Å². The fraction of sp³-hybridized carbons (Fsp3) is 1.00. The predicted molar refractivity (Wildman–Crippen MR) is 55.9 cm³/mol. The minimum absolute atomic E-state index is 0.811. The van der Waals surface area contributed by atoms with Crippen molar-refractivity contribution in [3.63, 3.8) is 0 Å². The number of rotatable bonds is 4. The predicted octanol–water partition coefficient (Wildman–Crippen LogP) is 0.0538. The first-order chi connectivity index (χ1) is 5.81. The molecule has 0 rings (SSSR count). The molecule has 0 amide bonds. The average molecular weight is 267 g/mol. The molecule has 2 nitrogen and oxygen atoms in total. The van der Waals surface area contributed by atoms with Crippen LogP contribution in [0, 0.1) is 0 Å². The molecular weight excluding hydrogens is 253 g/mol. The summed E-state index contributed by atoms with van der Waals surface area (Å²) in [5, 5.41) is 0. The van der Waals surface area contributed by atoms with Gasteiger partial charge in [0.1, 0.15) is 0 Å². The maximum absolute atomic E-state index is 8.06. The zero-order valence-corrected chi connectivity index (χ0v) is 10.9. The van der Waals surface area contributed by atoms with Gasteiger partial charge < -0.3 is 42.8 Å². The van der Waals surface area contributed by atoms with Crippen LogP contribution in [0.2, 0.25) is 0 Å². The Balaban J connectivity index is -0.000000175. The summed E-state index contributed by atoms with van der Waals surface area (Å²) < 4.78 is 8.06. The Bertz CT molecular complexity index is 64.8. The molecule has 0 fully saturated rings. The van der Waals surface area contributed by atoms with E-state index in [-0.39, 0.29) is 0 Å². The van der Waals surface area contributed by atoms with Gasteiger partial charge >= 0.3 is 19.8 Å². The van der Waals surface area contributed by atoms with Gasteiger partial charge in [-0.25, -0.2) is 0 Å². The van der Waals surface area contributed by atoms with Gasteiger partial charge in [-0.3, -0.25) is 0 Å². The summed E-state index contributed by atoms with van der Waals surface area (Å²) in [5.74, 6) is 1.62. The Hall–Kier alpha value is 1.33. The van der Waals surface area contributed by atoms with Gasteiger partial charge in [0.2, 0.25) is 0 Å². The van der Waals surface area contributed by atoms with Gasteiger partial charge in [-0.05, 0) is 20.1 Å². The zero-order chi connectivity index (χ0) is 10.4. The molecule has 77 valence electrons. The Kier molecular flexibility index (Phi) is 36.1. The second-order valence-electron chi connectivity index (χ2n) is 1.71. The van der Waals surface area contributed by atoms with Crippen molar-refractivity contribution in [1.82, 2.24) is 4.90 Å². The van der Waals surface area contributed by atoms with Crippen LogP contribution in [0.25, 0.3) is 0 Å². The topological polar surface area (TPSA) is 20.3 Å². The summed E-state index contributed by atoms with van der Waals surface area (Å²) in [4.78, 5) is 2.15. The molecule has 0 aliphatic carbocycles. The third kappa shape index (κ3) is 22.5. The molecule has 0 aliphatic heterocycles. The maximum atomic E-state index is 8.06. The summed E-state index contributed by atoms with van der Waals surface area (Å²) >= 11 is 15.3. The van der Waals surface area contributed by atoms with Crippen LogP contribution in [0.15, 0.2) is 0 Å². The molecule has 6 heteroatoms. The van der Waals surface area contributed by atoms with Crippen molar-refractivity contribution in [2.45, 2.75) is 0 Å². The van der Waals surface area contributed by atoms with Crippen molar-refractivity contribution in [2.24, 2.45) is 0 Å². The summed E-state index contributed by atoms with van der Waals surface area (Å²) in [6, 6.07) is 0. The van der Waals surface area contributed by atoms with Gasteiger partial charge in [0.15, 0.2) is 0 Å². The van der Waals surface area contributed by atoms with Crippen LogP contribution in [0.3, 0.4) is 0 Å². The fourth-order valence-electron chi connectivity index (χ4n) is 0.423. The molecule has 0 aromatic carbocycles. The monoisotopic (exact) mass is 267 g/mol. The summed E-state index contributed by atoms with van der Waals surface area (Å²) in [6.45, 7) is 1.98. The quantitative estimate of drug-likeness (QED) is 0.528. The van der Waals surface area contributed by atoms with Gasteiger partial charge in [0.05, 0.1) is 0 Å². The molecular formula is C6H14MnNOS3-3. The Morgan fingerprint density at radius 1 is 1.08 bits per heavy atom. The Morgan fingerprint density at radius 2 is 1.33 bits per heavy atom. The van der Waals surface area contributed by atoms with Gasteiger partial charge in [-0.15, -0.1) is 0 Å². The summed E-state index contributed by atoms with van der Waals surface area (Å²) in [6.07, 6.45) is 1.58. The minimum atomic E-state index is 0.811. The Labute approximate surface area is 100 Å². The first-order valence-electron chi connectivity index (χ1n) is 3.22. The molecule has 0 aromatic heterocycles. The zero-order valence-electron chi connectivity index (χ0n) is 7.29. The van der Waals surface area contributed by atoms with E-state index in [4.69, 9.17) is 29.1 Å². The van der Waals surface area contributed by atoms with Crippen LogP contribution in [-0.2, 0) is 57.7 Å². The van der Waals surface area contributed by atoms with Crippen molar-refractivity contribution in [3.8, 4) is 0 Å². The normalized spacial score (nSPS) is 7.83. The molecule has 0 atom stereocenters. The van der Waals surface area contributed by atoms with Crippen molar-refractivity contribution >= 4 is 37.9 Å². The van der Waals surface area contributed by atoms with Crippen molar-refractivity contribution in [3.05, 3.63) is 0 Å². The molecule has 0 bridgehead atoms. The standard InChI is InChI=1S/C5H13NS2.CH4S.Mn.O/c1-6(2-4-7)3-5-8;1-2;;/h7-8H,2-5H2,1H3;2H,1H3;;/p-3. The van der Waals surface area contributed by atoms with E-state index >= 15 is 0 Å². The van der Waals surface area contributed by atoms with Crippen LogP contribution in [-0.4, -0.2) is 42.8 Å². The van der Waals surface area contributed by atoms with Crippen molar-refractivity contribution in [1.29, 1.82) is 0 Å². The molecule has 0 saturated carbocycles. The van der Waals surface area contributed by atoms with E-state index in [1.165, 1.54) is 0 Å². The SMILES string of the molecule is CN(CC[S-])CC[S-].C[S-].[O]=[Mn]. The molecule has 0 spiro atoms. The van der Waals surface area contributed by atoms with Gasteiger partial charge in [-0.1, -0.05) is 0 Å². The van der Waals surface area contributed by atoms with E-state index in [1.807, 2.05) is 7.05 Å². The average Bonchev–Trinajstić information content (AvgIpc) is 2.12. The molecule has 12 heavy (non-hydrogen) atoms. The van der Waals surface area contributed by atoms with E-state index in [2.05, 4.69) is 17.5 Å². The van der Waals surface area contributed by atoms with E-state index in [9.17, 15) is 0 Å². The third-order valence-corrected chi connectivity index (χ3v) is 1.31. The van der Waals surface area contributed by atoms with Crippen LogP contribution in [0.4, 0.5) is 0 Å². The van der Waals surface area contributed by atoms with Crippen LogP contribution >= 0.6 is 0 Å². The number of nitrogens with zero attached hydrogens (tertiary/aromatic N) is 1. The molecule has 0 saturated heterocycles. The van der Waals surface area contributed by atoms with Gasteiger partial charge in [0, 0.05) is 0 Å². The fourth-order valence-corrected chi connectivity index (χ4v) is 1.05. The molecule has 0 heterocycles. The van der Waals surface area contributed by atoms with Crippen LogP contribution in [0.1, 0.15) is 0 Å². The molecule has 0 radical (unpaired) electrons. The first kappa shape index (κ1) is 19.0.